The Morgan fingerprint density at radius 2 is 2.57 bits per heavy atom. The smallest absolute Gasteiger partial charge is 0.147 e. The van der Waals surface area contributed by atoms with E-state index in [9.17, 15) is 0 Å². The molecule has 0 unspecified atom stereocenters. The zero-order valence-corrected chi connectivity index (χ0v) is 3.50. The van der Waals surface area contributed by atoms with E-state index in [2.05, 4.69) is 19.6 Å². The molecule has 1 N–H and O–H groups in total. The van der Waals surface area contributed by atoms with Crippen LogP contribution < -0.4 is 0 Å². The number of nitrogens with one attached hydrogen (secondary N) is 1. The number of aromatic amines is 1. The topological polar surface area (TPSA) is 55.0 Å². The van der Waals surface area contributed by atoms with Crippen LogP contribution in [0.2, 0.25) is 0 Å². The SMILES string of the molecule is c1cn[nH]ooc1. The standard InChI is InChI=1S/C3H4N2O2/c1-2-4-5-7-6-3-1/h1-3,5H. The van der Waals surface area contributed by atoms with Crippen molar-refractivity contribution in [1.29, 1.82) is 0 Å². The van der Waals surface area contributed by atoms with Gasteiger partial charge in [0.25, 0.3) is 0 Å². The molecule has 0 radical (unpaired) electrons. The first-order chi connectivity index (χ1) is 3.50. The lowest BCUT2D eigenvalue weighted by molar-refractivity contribution is -0.0187. The summed E-state index contributed by atoms with van der Waals surface area (Å²) in [6, 6.07) is 1.60. The minimum atomic E-state index is 1.36. The number of hydrogen-bond acceptors (Lipinski definition) is 3. The molecule has 0 atom stereocenters. The molecule has 1 aromatic heterocycles. The van der Waals surface area contributed by atoms with E-state index >= 15 is 0 Å². The summed E-state index contributed by atoms with van der Waals surface area (Å²) in [5, 5.41) is 5.59. The van der Waals surface area contributed by atoms with Crippen LogP contribution in [-0.4, -0.2) is 10.4 Å². The summed E-state index contributed by atoms with van der Waals surface area (Å²) in [6.45, 7) is 0. The number of rotatable bonds is 0. The molecular formula is C3H4N2O2. The Hall–Kier alpha value is -1.19. The third-order valence-corrected chi connectivity index (χ3v) is 0.433. The summed E-state index contributed by atoms with van der Waals surface area (Å²) in [7, 11) is 0. The first kappa shape index (κ1) is 3.98. The summed E-state index contributed by atoms with van der Waals surface area (Å²) < 4.78 is 8.44. The second kappa shape index (κ2) is 2.07. The molecular weight excluding hydrogens is 96.0 g/mol. The molecule has 4 nitrogen and oxygen atoms in total. The van der Waals surface area contributed by atoms with E-state index < -0.39 is 0 Å². The van der Waals surface area contributed by atoms with Crippen LogP contribution in [-0.2, 0) is 0 Å². The molecule has 7 heavy (non-hydrogen) atoms. The summed E-state index contributed by atoms with van der Waals surface area (Å²) in [5.74, 6) is 0. The monoisotopic (exact) mass is 100 g/mol. The van der Waals surface area contributed by atoms with E-state index in [-0.39, 0.29) is 0 Å². The van der Waals surface area contributed by atoms with Crippen LogP contribution in [0.4, 0.5) is 0 Å². The number of hydrogen-bond donors (Lipinski definition) is 1. The van der Waals surface area contributed by atoms with Crippen molar-refractivity contribution in [3.8, 4) is 0 Å². The summed E-state index contributed by atoms with van der Waals surface area (Å²) in [5.41, 5.74) is 0. The average Bonchev–Trinajstić information content (AvgIpc) is 1.90. The molecule has 0 saturated carbocycles. The summed E-state index contributed by atoms with van der Waals surface area (Å²) in [6.07, 6.45) is 2.87. The van der Waals surface area contributed by atoms with Gasteiger partial charge in [-0.25, -0.2) is 0 Å². The van der Waals surface area contributed by atoms with Gasteiger partial charge in [0.15, 0.2) is 0 Å². The Morgan fingerprint density at radius 3 is 3.57 bits per heavy atom. The highest BCUT2D eigenvalue weighted by Crippen LogP contribution is 1.70. The molecule has 1 heterocycles. The Balaban J connectivity index is 3.06. The first-order valence-corrected chi connectivity index (χ1v) is 1.75. The second-order valence-corrected chi connectivity index (χ2v) is 0.878. The van der Waals surface area contributed by atoms with Gasteiger partial charge in [-0.1, -0.05) is 5.27 Å². The predicted molar refractivity (Wildman–Crippen MR) is 20.7 cm³/mol. The van der Waals surface area contributed by atoms with Crippen molar-refractivity contribution in [3.05, 3.63) is 18.5 Å². The zero-order chi connectivity index (χ0) is 4.95. The fourth-order valence-corrected chi connectivity index (χ4v) is 0.211. The molecule has 0 aliphatic rings. The van der Waals surface area contributed by atoms with Crippen molar-refractivity contribution in [2.75, 3.05) is 0 Å². The Morgan fingerprint density at radius 1 is 1.57 bits per heavy atom. The van der Waals surface area contributed by atoms with E-state index in [4.69, 9.17) is 0 Å². The van der Waals surface area contributed by atoms with Crippen LogP contribution in [0.15, 0.2) is 27.8 Å². The Labute approximate surface area is 39.3 Å². The Kier molecular flexibility index (Phi) is 1.18. The van der Waals surface area contributed by atoms with Crippen molar-refractivity contribution in [3.63, 3.8) is 0 Å². The van der Waals surface area contributed by atoms with Gasteiger partial charge < -0.3 is 0 Å². The van der Waals surface area contributed by atoms with Gasteiger partial charge in [-0.05, 0) is 6.07 Å². The lowest BCUT2D eigenvalue weighted by atomic mass is 10.8. The van der Waals surface area contributed by atoms with Crippen LogP contribution in [0.5, 0.6) is 0 Å². The van der Waals surface area contributed by atoms with Crippen molar-refractivity contribution in [2.45, 2.75) is 0 Å². The van der Waals surface area contributed by atoms with Crippen molar-refractivity contribution in [1.82, 2.24) is 10.4 Å². The molecule has 0 bridgehead atoms. The van der Waals surface area contributed by atoms with E-state index in [1.807, 2.05) is 0 Å². The molecule has 1 rings (SSSR count). The lowest BCUT2D eigenvalue weighted by Crippen LogP contribution is -1.62. The second-order valence-electron chi connectivity index (χ2n) is 0.878. The average molecular weight is 100 g/mol. The van der Waals surface area contributed by atoms with E-state index in [1.165, 1.54) is 12.5 Å². The van der Waals surface area contributed by atoms with Crippen molar-refractivity contribution >= 4 is 0 Å². The van der Waals surface area contributed by atoms with Crippen molar-refractivity contribution < 1.29 is 9.26 Å². The molecule has 4 heteroatoms. The van der Waals surface area contributed by atoms with Gasteiger partial charge in [0.1, 0.15) is 6.26 Å². The van der Waals surface area contributed by atoms with Gasteiger partial charge in [0, 0.05) is 0 Å². The van der Waals surface area contributed by atoms with Crippen LogP contribution in [0, 0.1) is 0 Å². The third kappa shape index (κ3) is 1.13. The molecule has 38 valence electrons. The summed E-state index contributed by atoms with van der Waals surface area (Å²) >= 11 is 0. The fourth-order valence-electron chi connectivity index (χ4n) is 0.211. The minimum Gasteiger partial charge on any atom is -0.276 e. The predicted octanol–water partition coefficient (Wildman–Crippen LogP) is 0.720. The number of nitrogens with zero attached hydrogens (tertiary/aromatic N) is 1. The highest BCUT2D eigenvalue weighted by atomic mass is 17.0. The van der Waals surface area contributed by atoms with Crippen LogP contribution in [0.1, 0.15) is 0 Å². The normalized spacial score (nSPS) is 8.00. The largest absolute Gasteiger partial charge is 0.276 e. The van der Waals surface area contributed by atoms with Gasteiger partial charge >= 0.3 is 0 Å². The van der Waals surface area contributed by atoms with Gasteiger partial charge in [0.05, 0.1) is 6.20 Å². The van der Waals surface area contributed by atoms with Gasteiger partial charge in [0.2, 0.25) is 0 Å². The van der Waals surface area contributed by atoms with Crippen LogP contribution in [0.25, 0.3) is 0 Å². The maximum absolute atomic E-state index is 4.28. The highest BCUT2D eigenvalue weighted by Gasteiger charge is 1.58. The molecule has 0 aromatic carbocycles. The maximum Gasteiger partial charge on any atom is 0.147 e. The molecule has 0 saturated heterocycles. The van der Waals surface area contributed by atoms with Crippen molar-refractivity contribution in [2.24, 2.45) is 0 Å². The fraction of sp³-hybridized carbons (Fsp3) is 0. The minimum absolute atomic E-state index is 1.36. The maximum atomic E-state index is 4.28. The Bertz CT molecular complexity index is 98.9. The summed E-state index contributed by atoms with van der Waals surface area (Å²) in [4.78, 5) is 0. The molecule has 0 aliphatic carbocycles. The van der Waals surface area contributed by atoms with E-state index in [1.54, 1.807) is 6.07 Å². The van der Waals surface area contributed by atoms with E-state index in [0.29, 0.717) is 0 Å². The van der Waals surface area contributed by atoms with E-state index in [0.717, 1.165) is 0 Å². The quantitative estimate of drug-likeness (QED) is 0.488. The lowest BCUT2D eigenvalue weighted by Gasteiger charge is -1.62. The molecule has 0 spiro atoms. The highest BCUT2D eigenvalue weighted by molar-refractivity contribution is 4.65. The van der Waals surface area contributed by atoms with Gasteiger partial charge in [-0.3, -0.25) is 4.58 Å². The van der Waals surface area contributed by atoms with Gasteiger partial charge in [-0.2, -0.15) is 4.68 Å². The molecule has 0 aliphatic heterocycles. The third-order valence-electron chi connectivity index (χ3n) is 0.433. The van der Waals surface area contributed by atoms with Crippen LogP contribution >= 0.6 is 0 Å². The zero-order valence-electron chi connectivity index (χ0n) is 3.50. The van der Waals surface area contributed by atoms with Gasteiger partial charge in [-0.15, -0.1) is 5.10 Å². The number of aromatic nitrogens is 2. The molecule has 0 amide bonds. The number of H-pyrrole nitrogens is 1. The molecule has 1 aromatic rings. The molecule has 0 fully saturated rings. The first-order valence-electron chi connectivity index (χ1n) is 1.75. The van der Waals surface area contributed by atoms with Crippen LogP contribution in [0.3, 0.4) is 0 Å².